The molecule has 0 aromatic heterocycles. The van der Waals surface area contributed by atoms with E-state index in [0.717, 1.165) is 34.2 Å². The SMILES string of the molecule is Cc1cccc(OCCCCN2C(=O)C(=O)c3cc(C)cc(Br)c32)c1. The molecule has 130 valence electrons. The van der Waals surface area contributed by atoms with Gasteiger partial charge in [0.25, 0.3) is 11.7 Å². The van der Waals surface area contributed by atoms with Crippen molar-refractivity contribution >= 4 is 33.3 Å². The number of fused-ring (bicyclic) bond motifs is 1. The van der Waals surface area contributed by atoms with Crippen molar-refractivity contribution in [2.75, 3.05) is 18.1 Å². The van der Waals surface area contributed by atoms with Crippen molar-refractivity contribution < 1.29 is 14.3 Å². The summed E-state index contributed by atoms with van der Waals surface area (Å²) in [5.41, 5.74) is 3.31. The van der Waals surface area contributed by atoms with E-state index in [1.807, 2.05) is 44.2 Å². The lowest BCUT2D eigenvalue weighted by Crippen LogP contribution is -2.31. The molecule has 0 N–H and O–H groups in total. The Labute approximate surface area is 155 Å². The van der Waals surface area contributed by atoms with Crippen LogP contribution in [0.1, 0.15) is 34.3 Å². The van der Waals surface area contributed by atoms with E-state index in [1.165, 1.54) is 0 Å². The molecule has 0 fully saturated rings. The number of amides is 1. The van der Waals surface area contributed by atoms with Crippen molar-refractivity contribution in [3.05, 3.63) is 57.6 Å². The number of benzene rings is 2. The summed E-state index contributed by atoms with van der Waals surface area (Å²) >= 11 is 3.48. The third-order valence-electron chi connectivity index (χ3n) is 4.20. The lowest BCUT2D eigenvalue weighted by atomic mass is 10.1. The van der Waals surface area contributed by atoms with Gasteiger partial charge < -0.3 is 9.64 Å². The Kier molecular flexibility index (Phi) is 5.23. The molecule has 0 unspecified atom stereocenters. The van der Waals surface area contributed by atoms with Crippen LogP contribution in [0.15, 0.2) is 40.9 Å². The first-order valence-corrected chi connectivity index (χ1v) is 9.12. The Bertz CT molecular complexity index is 832. The van der Waals surface area contributed by atoms with E-state index in [9.17, 15) is 9.59 Å². The van der Waals surface area contributed by atoms with Gasteiger partial charge in [0.1, 0.15) is 5.75 Å². The zero-order valence-corrected chi connectivity index (χ0v) is 15.9. The zero-order chi connectivity index (χ0) is 18.0. The van der Waals surface area contributed by atoms with Crippen LogP contribution in [0.5, 0.6) is 5.75 Å². The van der Waals surface area contributed by atoms with Gasteiger partial charge in [-0.25, -0.2) is 0 Å². The van der Waals surface area contributed by atoms with Crippen molar-refractivity contribution in [3.8, 4) is 5.75 Å². The summed E-state index contributed by atoms with van der Waals surface area (Å²) in [6.07, 6.45) is 1.58. The molecule has 0 spiro atoms. The second kappa shape index (κ2) is 7.40. The number of hydrogen-bond donors (Lipinski definition) is 0. The Morgan fingerprint density at radius 3 is 2.60 bits per heavy atom. The number of aryl methyl sites for hydroxylation is 2. The number of anilines is 1. The van der Waals surface area contributed by atoms with E-state index in [-0.39, 0.29) is 0 Å². The molecule has 25 heavy (non-hydrogen) atoms. The molecule has 0 aliphatic carbocycles. The monoisotopic (exact) mass is 401 g/mol. The fourth-order valence-corrected chi connectivity index (χ4v) is 3.79. The second-order valence-corrected chi connectivity index (χ2v) is 7.16. The van der Waals surface area contributed by atoms with E-state index >= 15 is 0 Å². The molecule has 0 bridgehead atoms. The van der Waals surface area contributed by atoms with E-state index in [2.05, 4.69) is 15.9 Å². The summed E-state index contributed by atoms with van der Waals surface area (Å²) in [5, 5.41) is 0. The topological polar surface area (TPSA) is 46.6 Å². The lowest BCUT2D eigenvalue weighted by molar-refractivity contribution is -0.114. The normalized spacial score (nSPS) is 13.3. The summed E-state index contributed by atoms with van der Waals surface area (Å²) in [7, 11) is 0. The molecule has 1 aliphatic rings. The Morgan fingerprint density at radius 2 is 1.84 bits per heavy atom. The number of halogens is 1. The van der Waals surface area contributed by atoms with Crippen LogP contribution in [-0.4, -0.2) is 24.8 Å². The standard InChI is InChI=1S/C20H20BrNO3/c1-13-6-5-7-15(10-13)25-9-4-3-8-22-18-16(19(23)20(22)24)11-14(2)12-17(18)21/h5-7,10-12H,3-4,8-9H2,1-2H3. The van der Waals surface area contributed by atoms with Gasteiger partial charge >= 0.3 is 0 Å². The maximum atomic E-state index is 12.3. The van der Waals surface area contributed by atoms with Gasteiger partial charge in [-0.15, -0.1) is 0 Å². The molecular formula is C20H20BrNO3. The maximum absolute atomic E-state index is 12.3. The zero-order valence-electron chi connectivity index (χ0n) is 14.3. The predicted molar refractivity (Wildman–Crippen MR) is 101 cm³/mol. The van der Waals surface area contributed by atoms with E-state index in [0.29, 0.717) is 24.4 Å². The molecule has 5 heteroatoms. The molecule has 1 amide bonds. The van der Waals surface area contributed by atoms with Crippen molar-refractivity contribution in [2.45, 2.75) is 26.7 Å². The average molecular weight is 402 g/mol. The minimum atomic E-state index is -0.444. The van der Waals surface area contributed by atoms with Crippen LogP contribution in [0, 0.1) is 13.8 Å². The number of hydrogen-bond acceptors (Lipinski definition) is 3. The quantitative estimate of drug-likeness (QED) is 0.530. The number of Topliss-reactive ketones (excluding diaryl/α,β-unsaturated/α-hetero) is 1. The van der Waals surface area contributed by atoms with Gasteiger partial charge in [-0.1, -0.05) is 12.1 Å². The van der Waals surface area contributed by atoms with Crippen LogP contribution in [-0.2, 0) is 4.79 Å². The first kappa shape index (κ1) is 17.7. The van der Waals surface area contributed by atoms with Gasteiger partial charge in [-0.05, 0) is 78.0 Å². The molecule has 1 aliphatic heterocycles. The summed E-state index contributed by atoms with van der Waals surface area (Å²) in [4.78, 5) is 26.0. The molecule has 2 aromatic rings. The summed E-state index contributed by atoms with van der Waals surface area (Å²) in [6.45, 7) is 5.03. The van der Waals surface area contributed by atoms with E-state index in [4.69, 9.17) is 4.74 Å². The number of carbonyl (C=O) groups is 2. The molecule has 3 rings (SSSR count). The number of ketones is 1. The van der Waals surface area contributed by atoms with Crippen LogP contribution in [0.4, 0.5) is 5.69 Å². The molecule has 1 heterocycles. The van der Waals surface area contributed by atoms with Crippen LogP contribution in [0.2, 0.25) is 0 Å². The fourth-order valence-electron chi connectivity index (χ4n) is 3.00. The second-order valence-electron chi connectivity index (χ2n) is 6.30. The minimum Gasteiger partial charge on any atom is -0.494 e. The van der Waals surface area contributed by atoms with Gasteiger partial charge in [0, 0.05) is 11.0 Å². The highest BCUT2D eigenvalue weighted by molar-refractivity contribution is 9.10. The first-order chi connectivity index (χ1) is 12.0. The molecule has 0 radical (unpaired) electrons. The lowest BCUT2D eigenvalue weighted by Gasteiger charge is -2.18. The third kappa shape index (κ3) is 3.76. The first-order valence-electron chi connectivity index (χ1n) is 8.33. The van der Waals surface area contributed by atoms with Crippen LogP contribution >= 0.6 is 15.9 Å². The van der Waals surface area contributed by atoms with Crippen LogP contribution < -0.4 is 9.64 Å². The molecule has 2 aromatic carbocycles. The number of carbonyl (C=O) groups excluding carboxylic acids is 2. The van der Waals surface area contributed by atoms with Crippen molar-refractivity contribution in [1.82, 2.24) is 0 Å². The summed E-state index contributed by atoms with van der Waals surface area (Å²) in [5.74, 6) is -0.00712. The van der Waals surface area contributed by atoms with Gasteiger partial charge in [0.15, 0.2) is 0 Å². The predicted octanol–water partition coefficient (Wildman–Crippen LogP) is 4.45. The Hall–Kier alpha value is -2.14. The fraction of sp³-hybridized carbons (Fsp3) is 0.300. The minimum absolute atomic E-state index is 0.421. The largest absolute Gasteiger partial charge is 0.494 e. The summed E-state index contributed by atoms with van der Waals surface area (Å²) < 4.78 is 6.52. The van der Waals surface area contributed by atoms with E-state index < -0.39 is 11.7 Å². The van der Waals surface area contributed by atoms with Crippen molar-refractivity contribution in [1.29, 1.82) is 0 Å². The smallest absolute Gasteiger partial charge is 0.299 e. The molecule has 0 saturated carbocycles. The van der Waals surface area contributed by atoms with Gasteiger partial charge in [-0.3, -0.25) is 9.59 Å². The van der Waals surface area contributed by atoms with E-state index in [1.54, 1.807) is 11.0 Å². The highest BCUT2D eigenvalue weighted by atomic mass is 79.9. The highest BCUT2D eigenvalue weighted by Crippen LogP contribution is 2.37. The number of rotatable bonds is 6. The number of nitrogens with zero attached hydrogens (tertiary/aromatic N) is 1. The third-order valence-corrected chi connectivity index (χ3v) is 4.80. The summed E-state index contributed by atoms with van der Waals surface area (Å²) in [6, 6.07) is 11.6. The van der Waals surface area contributed by atoms with Gasteiger partial charge in [0.2, 0.25) is 0 Å². The highest BCUT2D eigenvalue weighted by Gasteiger charge is 2.37. The molecular weight excluding hydrogens is 382 g/mol. The van der Waals surface area contributed by atoms with Crippen LogP contribution in [0.25, 0.3) is 0 Å². The van der Waals surface area contributed by atoms with Crippen molar-refractivity contribution in [2.24, 2.45) is 0 Å². The molecule has 0 saturated heterocycles. The maximum Gasteiger partial charge on any atom is 0.299 e. The molecule has 4 nitrogen and oxygen atoms in total. The number of unbranched alkanes of at least 4 members (excludes halogenated alkanes) is 1. The van der Waals surface area contributed by atoms with Crippen molar-refractivity contribution in [3.63, 3.8) is 0 Å². The average Bonchev–Trinajstić information content (AvgIpc) is 2.80. The Balaban J connectivity index is 1.57. The number of ether oxygens (including phenoxy) is 1. The Morgan fingerprint density at radius 1 is 1.04 bits per heavy atom. The van der Waals surface area contributed by atoms with Gasteiger partial charge in [0.05, 0.1) is 17.9 Å². The van der Waals surface area contributed by atoms with Gasteiger partial charge in [-0.2, -0.15) is 0 Å². The molecule has 0 atom stereocenters. The van der Waals surface area contributed by atoms with Crippen LogP contribution in [0.3, 0.4) is 0 Å².